The van der Waals surface area contributed by atoms with E-state index in [2.05, 4.69) is 37.1 Å². The molecule has 0 saturated carbocycles. The number of rotatable bonds is 5. The maximum Gasteiger partial charge on any atom is 0.224 e. The Kier molecular flexibility index (Phi) is 6.94. The fourth-order valence-electron chi connectivity index (χ4n) is 4.88. The van der Waals surface area contributed by atoms with Crippen molar-refractivity contribution in [1.29, 1.82) is 0 Å². The summed E-state index contributed by atoms with van der Waals surface area (Å²) in [4.78, 5) is 33.7. The molecule has 172 valence electrons. The molecule has 2 saturated heterocycles. The maximum atomic E-state index is 12.4. The number of piperidine rings is 1. The molecule has 4 rings (SSSR count). The van der Waals surface area contributed by atoms with Crippen molar-refractivity contribution in [2.24, 2.45) is 11.8 Å². The first-order valence-corrected chi connectivity index (χ1v) is 11.7. The average molecular weight is 439 g/mol. The average Bonchev–Trinajstić information content (AvgIpc) is 2.77. The molecule has 2 aliphatic rings. The van der Waals surface area contributed by atoms with E-state index in [0.29, 0.717) is 38.1 Å². The molecule has 2 fully saturated rings. The third-order valence-electron chi connectivity index (χ3n) is 6.41. The van der Waals surface area contributed by atoms with Crippen LogP contribution in [-0.4, -0.2) is 61.1 Å². The minimum absolute atomic E-state index is 0.0101. The van der Waals surface area contributed by atoms with Gasteiger partial charge in [0.2, 0.25) is 11.8 Å². The third-order valence-corrected chi connectivity index (χ3v) is 6.41. The van der Waals surface area contributed by atoms with Gasteiger partial charge in [-0.2, -0.15) is 0 Å². The molecule has 7 nitrogen and oxygen atoms in total. The molecular weight excluding hydrogens is 404 g/mol. The number of morpholine rings is 1. The predicted octanol–water partition coefficient (Wildman–Crippen LogP) is 3.60. The van der Waals surface area contributed by atoms with Crippen molar-refractivity contribution in [2.75, 3.05) is 49.6 Å². The van der Waals surface area contributed by atoms with Gasteiger partial charge in [-0.15, -0.1) is 0 Å². The molecule has 1 N–H and O–H groups in total. The number of nitrogens with zero attached hydrogens (tertiary/aromatic N) is 3. The van der Waals surface area contributed by atoms with Gasteiger partial charge in [-0.05, 0) is 55.0 Å². The van der Waals surface area contributed by atoms with E-state index in [1.165, 1.54) is 6.42 Å². The first-order chi connectivity index (χ1) is 15.4. The summed E-state index contributed by atoms with van der Waals surface area (Å²) in [6.07, 6.45) is 1.66. The topological polar surface area (TPSA) is 74.8 Å². The van der Waals surface area contributed by atoms with Gasteiger partial charge in [-0.3, -0.25) is 9.59 Å². The van der Waals surface area contributed by atoms with Gasteiger partial charge in [0.1, 0.15) is 5.82 Å². The molecule has 0 spiro atoms. The molecule has 0 aliphatic carbocycles. The SMILES string of the molecule is Cc1cc(N2CC(C)CC(C)C2)nc2ccc(NC(=O)CCC(=O)N3CCOCC3)cc12. The highest BCUT2D eigenvalue weighted by molar-refractivity contribution is 5.96. The van der Waals surface area contributed by atoms with Crippen molar-refractivity contribution in [1.82, 2.24) is 9.88 Å². The van der Waals surface area contributed by atoms with Crippen molar-refractivity contribution in [3.05, 3.63) is 29.8 Å². The lowest BCUT2D eigenvalue weighted by atomic mass is 9.92. The van der Waals surface area contributed by atoms with Gasteiger partial charge in [-0.25, -0.2) is 4.98 Å². The third kappa shape index (κ3) is 5.38. The lowest BCUT2D eigenvalue weighted by Crippen LogP contribution is -2.40. The summed E-state index contributed by atoms with van der Waals surface area (Å²) in [5.41, 5.74) is 2.82. The molecular formula is C25H34N4O3. The maximum absolute atomic E-state index is 12.4. The highest BCUT2D eigenvalue weighted by atomic mass is 16.5. The Morgan fingerprint density at radius 2 is 1.81 bits per heavy atom. The second-order valence-electron chi connectivity index (χ2n) is 9.42. The zero-order valence-corrected chi connectivity index (χ0v) is 19.4. The lowest BCUT2D eigenvalue weighted by molar-refractivity contribution is -0.136. The zero-order chi connectivity index (χ0) is 22.7. The van der Waals surface area contributed by atoms with Gasteiger partial charge in [0.15, 0.2) is 0 Å². The Morgan fingerprint density at radius 3 is 2.53 bits per heavy atom. The van der Waals surface area contributed by atoms with Crippen LogP contribution in [0.4, 0.5) is 11.5 Å². The minimum atomic E-state index is -0.149. The zero-order valence-electron chi connectivity index (χ0n) is 19.4. The van der Waals surface area contributed by atoms with Crippen molar-refractivity contribution in [3.63, 3.8) is 0 Å². The second-order valence-corrected chi connectivity index (χ2v) is 9.42. The molecule has 2 aliphatic heterocycles. The fraction of sp³-hybridized carbons (Fsp3) is 0.560. The van der Waals surface area contributed by atoms with Gasteiger partial charge in [0.05, 0.1) is 18.7 Å². The lowest BCUT2D eigenvalue weighted by Gasteiger charge is -2.36. The van der Waals surface area contributed by atoms with E-state index >= 15 is 0 Å². The van der Waals surface area contributed by atoms with Crippen molar-refractivity contribution in [2.45, 2.75) is 40.0 Å². The van der Waals surface area contributed by atoms with Crippen LogP contribution in [0.1, 0.15) is 38.7 Å². The minimum Gasteiger partial charge on any atom is -0.378 e. The van der Waals surface area contributed by atoms with Gasteiger partial charge >= 0.3 is 0 Å². The van der Waals surface area contributed by atoms with Crippen LogP contribution in [0.3, 0.4) is 0 Å². The number of nitrogens with one attached hydrogen (secondary N) is 1. The molecule has 0 radical (unpaired) electrons. The van der Waals surface area contributed by atoms with Crippen LogP contribution in [0.5, 0.6) is 0 Å². The number of hydrogen-bond donors (Lipinski definition) is 1. The number of aromatic nitrogens is 1. The highest BCUT2D eigenvalue weighted by Gasteiger charge is 2.23. The number of carbonyl (C=O) groups excluding carboxylic acids is 2. The Labute approximate surface area is 190 Å². The van der Waals surface area contributed by atoms with E-state index in [-0.39, 0.29) is 24.7 Å². The Bertz CT molecular complexity index is 977. The standard InChI is InChI=1S/C25H34N4O3/c1-17-12-18(2)16-29(15-17)23-13-19(3)21-14-20(4-5-22(21)27-23)26-24(30)6-7-25(31)28-8-10-32-11-9-28/h4-5,13-14,17-18H,6-12,15-16H2,1-3H3,(H,26,30). The highest BCUT2D eigenvalue weighted by Crippen LogP contribution is 2.29. The van der Waals surface area contributed by atoms with Gasteiger partial charge < -0.3 is 19.9 Å². The molecule has 7 heteroatoms. The van der Waals surface area contributed by atoms with Crippen LogP contribution in [-0.2, 0) is 14.3 Å². The number of aryl methyl sites for hydroxylation is 1. The van der Waals surface area contributed by atoms with E-state index in [0.717, 1.165) is 41.1 Å². The summed E-state index contributed by atoms with van der Waals surface area (Å²) in [6.45, 7) is 11.1. The van der Waals surface area contributed by atoms with E-state index < -0.39 is 0 Å². The van der Waals surface area contributed by atoms with E-state index in [4.69, 9.17) is 9.72 Å². The molecule has 2 unspecified atom stereocenters. The van der Waals surface area contributed by atoms with E-state index in [1.54, 1.807) is 4.90 Å². The summed E-state index contributed by atoms with van der Waals surface area (Å²) in [5.74, 6) is 2.24. The van der Waals surface area contributed by atoms with E-state index in [9.17, 15) is 9.59 Å². The number of benzene rings is 1. The Balaban J connectivity index is 1.40. The molecule has 1 aromatic carbocycles. The summed E-state index contributed by atoms with van der Waals surface area (Å²) < 4.78 is 5.27. The molecule has 3 heterocycles. The summed E-state index contributed by atoms with van der Waals surface area (Å²) in [6, 6.07) is 7.99. The predicted molar refractivity (Wildman–Crippen MR) is 127 cm³/mol. The number of hydrogen-bond acceptors (Lipinski definition) is 5. The van der Waals surface area contributed by atoms with Gasteiger partial charge in [0, 0.05) is 50.1 Å². The normalized spacial score (nSPS) is 21.6. The monoisotopic (exact) mass is 438 g/mol. The van der Waals surface area contributed by atoms with Crippen molar-refractivity contribution in [3.8, 4) is 0 Å². The van der Waals surface area contributed by atoms with Crippen LogP contribution in [0, 0.1) is 18.8 Å². The van der Waals surface area contributed by atoms with Crippen molar-refractivity contribution >= 4 is 34.2 Å². The Hall–Kier alpha value is -2.67. The summed E-state index contributed by atoms with van der Waals surface area (Å²) >= 11 is 0. The molecule has 0 bridgehead atoms. The summed E-state index contributed by atoms with van der Waals surface area (Å²) in [7, 11) is 0. The summed E-state index contributed by atoms with van der Waals surface area (Å²) in [5, 5.41) is 3.97. The number of carbonyl (C=O) groups is 2. The molecule has 2 atom stereocenters. The molecule has 2 amide bonds. The first-order valence-electron chi connectivity index (χ1n) is 11.7. The van der Waals surface area contributed by atoms with Crippen LogP contribution < -0.4 is 10.2 Å². The Morgan fingerprint density at radius 1 is 1.09 bits per heavy atom. The number of anilines is 2. The van der Waals surface area contributed by atoms with Crippen LogP contribution in [0.15, 0.2) is 24.3 Å². The smallest absolute Gasteiger partial charge is 0.224 e. The van der Waals surface area contributed by atoms with Gasteiger partial charge in [-0.1, -0.05) is 13.8 Å². The van der Waals surface area contributed by atoms with E-state index in [1.807, 2.05) is 18.2 Å². The molecule has 2 aromatic rings. The number of amides is 2. The largest absolute Gasteiger partial charge is 0.378 e. The molecule has 32 heavy (non-hydrogen) atoms. The van der Waals surface area contributed by atoms with Crippen LogP contribution >= 0.6 is 0 Å². The molecule has 1 aromatic heterocycles. The number of pyridine rings is 1. The van der Waals surface area contributed by atoms with Gasteiger partial charge in [0.25, 0.3) is 0 Å². The quantitative estimate of drug-likeness (QED) is 0.772. The van der Waals surface area contributed by atoms with Crippen LogP contribution in [0.2, 0.25) is 0 Å². The fourth-order valence-corrected chi connectivity index (χ4v) is 4.88. The number of fused-ring (bicyclic) bond motifs is 1. The number of ether oxygens (including phenoxy) is 1. The first kappa shape index (κ1) is 22.5. The van der Waals surface area contributed by atoms with Crippen molar-refractivity contribution < 1.29 is 14.3 Å². The second kappa shape index (κ2) is 9.86. The van der Waals surface area contributed by atoms with Crippen LogP contribution in [0.25, 0.3) is 10.9 Å².